The van der Waals surface area contributed by atoms with Gasteiger partial charge in [-0.25, -0.2) is 9.97 Å². The number of benzene rings is 1. The van der Waals surface area contributed by atoms with Crippen LogP contribution in [0.2, 0.25) is 5.02 Å². The van der Waals surface area contributed by atoms with Gasteiger partial charge in [-0.2, -0.15) is 4.37 Å². The molecule has 7 heteroatoms. The number of nitrogens with zero attached hydrogens (tertiary/aromatic N) is 4. The highest BCUT2D eigenvalue weighted by atomic mass is 35.5. The number of hydrogen-bond acceptors (Lipinski definition) is 5. The predicted molar refractivity (Wildman–Crippen MR) is 89.7 cm³/mol. The van der Waals surface area contributed by atoms with Gasteiger partial charge in [0.1, 0.15) is 11.6 Å². The van der Waals surface area contributed by atoms with E-state index in [1.54, 1.807) is 0 Å². The molecule has 1 aliphatic rings. The largest absolute Gasteiger partial charge is 0.340 e. The third kappa shape index (κ3) is 2.46. The molecule has 1 saturated heterocycles. The lowest BCUT2D eigenvalue weighted by Crippen LogP contribution is -2.33. The van der Waals surface area contributed by atoms with Crippen molar-refractivity contribution in [3.63, 3.8) is 0 Å². The zero-order valence-corrected chi connectivity index (χ0v) is 13.8. The summed E-state index contributed by atoms with van der Waals surface area (Å²) in [5.41, 5.74) is 1.94. The highest BCUT2D eigenvalue weighted by Gasteiger charge is 2.28. The maximum Gasteiger partial charge on any atom is 0.205 e. The topological polar surface area (TPSA) is 57.7 Å². The third-order valence-corrected chi connectivity index (χ3v) is 5.12. The summed E-state index contributed by atoms with van der Waals surface area (Å²) in [7, 11) is 0. The molecule has 2 aromatic heterocycles. The molecule has 22 heavy (non-hydrogen) atoms. The molecule has 3 heterocycles. The van der Waals surface area contributed by atoms with Crippen molar-refractivity contribution >= 4 is 39.3 Å². The number of hydrogen-bond donors (Lipinski definition) is 1. The number of anilines is 1. The van der Waals surface area contributed by atoms with Crippen LogP contribution in [0.25, 0.3) is 11.0 Å². The maximum atomic E-state index is 6.07. The minimum Gasteiger partial charge on any atom is -0.340 e. The van der Waals surface area contributed by atoms with Gasteiger partial charge in [-0.3, -0.25) is 0 Å². The first-order chi connectivity index (χ1) is 10.7. The van der Waals surface area contributed by atoms with Gasteiger partial charge in [0, 0.05) is 23.1 Å². The summed E-state index contributed by atoms with van der Waals surface area (Å²) in [5, 5.41) is 1.71. The van der Waals surface area contributed by atoms with Crippen LogP contribution in [0.3, 0.4) is 0 Å². The number of aromatic amines is 1. The van der Waals surface area contributed by atoms with Gasteiger partial charge in [-0.05, 0) is 44.4 Å². The van der Waals surface area contributed by atoms with E-state index in [9.17, 15) is 0 Å². The zero-order chi connectivity index (χ0) is 15.1. The molecule has 3 aromatic rings. The summed E-state index contributed by atoms with van der Waals surface area (Å²) in [4.78, 5) is 15.1. The molecule has 1 N–H and O–H groups in total. The molecular weight excluding hydrogens is 318 g/mol. The number of aryl methyl sites for hydroxylation is 1. The fraction of sp³-hybridized carbons (Fsp3) is 0.400. The number of nitrogens with one attached hydrogen (secondary N) is 1. The van der Waals surface area contributed by atoms with Gasteiger partial charge in [-0.1, -0.05) is 11.6 Å². The van der Waals surface area contributed by atoms with E-state index in [0.29, 0.717) is 0 Å². The molecule has 0 aliphatic carbocycles. The standard InChI is InChI=1S/C15H16ClN5S/c1-9-17-15(22-20-9)21-7-3-2-4-13(21)14-18-11-6-5-10(16)8-12(11)19-14/h5-6,8,13H,2-4,7H2,1H3,(H,18,19). The number of fused-ring (bicyclic) bond motifs is 1. The van der Waals surface area contributed by atoms with Crippen LogP contribution in [-0.2, 0) is 0 Å². The predicted octanol–water partition coefficient (Wildman–Crippen LogP) is 4.11. The number of aromatic nitrogens is 4. The minimum atomic E-state index is 0.229. The normalized spacial score (nSPS) is 19.0. The summed E-state index contributed by atoms with van der Waals surface area (Å²) < 4.78 is 4.32. The molecule has 1 fully saturated rings. The van der Waals surface area contributed by atoms with Crippen molar-refractivity contribution in [2.24, 2.45) is 0 Å². The molecule has 1 aromatic carbocycles. The van der Waals surface area contributed by atoms with Gasteiger partial charge in [0.05, 0.1) is 17.1 Å². The van der Waals surface area contributed by atoms with Crippen LogP contribution in [0, 0.1) is 6.92 Å². The van der Waals surface area contributed by atoms with Crippen LogP contribution >= 0.6 is 23.1 Å². The van der Waals surface area contributed by atoms with Crippen molar-refractivity contribution in [1.29, 1.82) is 0 Å². The van der Waals surface area contributed by atoms with E-state index < -0.39 is 0 Å². The Hall–Kier alpha value is -1.66. The monoisotopic (exact) mass is 333 g/mol. The summed E-state index contributed by atoms with van der Waals surface area (Å²) in [6.45, 7) is 2.93. The molecule has 0 spiro atoms. The lowest BCUT2D eigenvalue weighted by molar-refractivity contribution is 0.459. The first-order valence-corrected chi connectivity index (χ1v) is 8.58. The van der Waals surface area contributed by atoms with Crippen LogP contribution < -0.4 is 4.90 Å². The van der Waals surface area contributed by atoms with Gasteiger partial charge in [0.2, 0.25) is 5.13 Å². The van der Waals surface area contributed by atoms with Crippen molar-refractivity contribution in [3.8, 4) is 0 Å². The third-order valence-electron chi connectivity index (χ3n) is 4.04. The van der Waals surface area contributed by atoms with E-state index in [-0.39, 0.29) is 6.04 Å². The zero-order valence-electron chi connectivity index (χ0n) is 12.2. The molecule has 1 atom stereocenters. The average Bonchev–Trinajstić information content (AvgIpc) is 3.13. The van der Waals surface area contributed by atoms with E-state index >= 15 is 0 Å². The van der Waals surface area contributed by atoms with Gasteiger partial charge in [-0.15, -0.1) is 0 Å². The molecule has 1 aliphatic heterocycles. The van der Waals surface area contributed by atoms with Crippen molar-refractivity contribution in [2.75, 3.05) is 11.4 Å². The minimum absolute atomic E-state index is 0.229. The number of rotatable bonds is 2. The van der Waals surface area contributed by atoms with Gasteiger partial charge < -0.3 is 9.88 Å². The van der Waals surface area contributed by atoms with Gasteiger partial charge in [0.15, 0.2) is 0 Å². The quantitative estimate of drug-likeness (QED) is 0.766. The molecule has 0 radical (unpaired) electrons. The van der Waals surface area contributed by atoms with Crippen LogP contribution in [0.15, 0.2) is 18.2 Å². The fourth-order valence-corrected chi connectivity index (χ4v) is 3.93. The Kier molecular flexibility index (Phi) is 3.50. The molecule has 0 saturated carbocycles. The second-order valence-electron chi connectivity index (χ2n) is 5.61. The number of imidazole rings is 1. The van der Waals surface area contributed by atoms with Crippen LogP contribution in [0.4, 0.5) is 5.13 Å². The fourth-order valence-electron chi connectivity index (χ4n) is 3.01. The van der Waals surface area contributed by atoms with E-state index in [1.807, 2.05) is 25.1 Å². The van der Waals surface area contributed by atoms with E-state index in [0.717, 1.165) is 45.8 Å². The lowest BCUT2D eigenvalue weighted by Gasteiger charge is -2.33. The van der Waals surface area contributed by atoms with E-state index in [1.165, 1.54) is 24.4 Å². The smallest absolute Gasteiger partial charge is 0.205 e. The second kappa shape index (κ2) is 5.52. The van der Waals surface area contributed by atoms with Crippen molar-refractivity contribution < 1.29 is 0 Å². The Labute approximate surface area is 137 Å². The molecular formula is C15H16ClN5S. The van der Waals surface area contributed by atoms with Crippen molar-refractivity contribution in [2.45, 2.75) is 32.2 Å². The maximum absolute atomic E-state index is 6.07. The summed E-state index contributed by atoms with van der Waals surface area (Å²) >= 11 is 7.53. The van der Waals surface area contributed by atoms with E-state index in [2.05, 4.69) is 19.2 Å². The first kappa shape index (κ1) is 14.0. The SMILES string of the molecule is Cc1nsc(N2CCCCC2c2nc3ccc(Cl)cc3[nH]2)n1. The Morgan fingerprint density at radius 2 is 2.23 bits per heavy atom. The van der Waals surface area contributed by atoms with Crippen molar-refractivity contribution in [1.82, 2.24) is 19.3 Å². The molecule has 0 bridgehead atoms. The Bertz CT molecular complexity index is 811. The summed E-state index contributed by atoms with van der Waals surface area (Å²) in [6, 6.07) is 5.99. The Morgan fingerprint density at radius 1 is 1.32 bits per heavy atom. The molecule has 5 nitrogen and oxygen atoms in total. The summed E-state index contributed by atoms with van der Waals surface area (Å²) in [6.07, 6.45) is 3.46. The van der Waals surface area contributed by atoms with Crippen LogP contribution in [-0.4, -0.2) is 25.9 Å². The molecule has 0 amide bonds. The molecule has 4 rings (SSSR count). The Morgan fingerprint density at radius 3 is 3.05 bits per heavy atom. The molecule has 114 valence electrons. The van der Waals surface area contributed by atoms with Crippen LogP contribution in [0.5, 0.6) is 0 Å². The number of piperidine rings is 1. The van der Waals surface area contributed by atoms with Crippen molar-refractivity contribution in [3.05, 3.63) is 34.9 Å². The second-order valence-corrected chi connectivity index (χ2v) is 6.78. The van der Waals surface area contributed by atoms with Crippen LogP contribution in [0.1, 0.15) is 37.0 Å². The van der Waals surface area contributed by atoms with Gasteiger partial charge in [0.25, 0.3) is 0 Å². The number of H-pyrrole nitrogens is 1. The Balaban J connectivity index is 1.73. The van der Waals surface area contributed by atoms with Gasteiger partial charge >= 0.3 is 0 Å². The highest BCUT2D eigenvalue weighted by Crippen LogP contribution is 2.35. The number of halogens is 1. The first-order valence-electron chi connectivity index (χ1n) is 7.43. The summed E-state index contributed by atoms with van der Waals surface area (Å²) in [5.74, 6) is 1.82. The molecule has 1 unspecified atom stereocenters. The lowest BCUT2D eigenvalue weighted by atomic mass is 10.0. The average molecular weight is 334 g/mol. The van der Waals surface area contributed by atoms with E-state index in [4.69, 9.17) is 16.6 Å². The highest BCUT2D eigenvalue weighted by molar-refractivity contribution is 7.09.